The highest BCUT2D eigenvalue weighted by molar-refractivity contribution is 7.10. The maximum Gasteiger partial charge on any atom is 0.284 e. The van der Waals surface area contributed by atoms with Gasteiger partial charge in [0.05, 0.1) is 0 Å². The van der Waals surface area contributed by atoms with Gasteiger partial charge < -0.3 is 9.64 Å². The Labute approximate surface area is 125 Å². The van der Waals surface area contributed by atoms with Crippen LogP contribution in [0.4, 0.5) is 0 Å². The number of thiophene rings is 1. The molecule has 1 fully saturated rings. The molecule has 112 valence electrons. The van der Waals surface area contributed by atoms with Crippen molar-refractivity contribution in [1.29, 1.82) is 0 Å². The van der Waals surface area contributed by atoms with E-state index in [9.17, 15) is 14.9 Å². The number of carbonyl (C=O) groups excluding carboxylic acids is 1. The summed E-state index contributed by atoms with van der Waals surface area (Å²) in [4.78, 5) is 26.4. The highest BCUT2D eigenvalue weighted by Crippen LogP contribution is 2.12. The monoisotopic (exact) mass is 310 g/mol. The van der Waals surface area contributed by atoms with Crippen LogP contribution in [0.5, 0.6) is 0 Å². The van der Waals surface area contributed by atoms with Crippen molar-refractivity contribution in [2.75, 3.05) is 20.0 Å². The molecular formula is C12H14N4O4S. The molecule has 2 heterocycles. The van der Waals surface area contributed by atoms with Crippen molar-refractivity contribution in [3.63, 3.8) is 0 Å². The van der Waals surface area contributed by atoms with E-state index < -0.39 is 10.9 Å². The molecule has 9 heteroatoms. The first-order valence-electron chi connectivity index (χ1n) is 6.20. The highest BCUT2D eigenvalue weighted by atomic mass is 32.1. The second-order valence-corrected chi connectivity index (χ2v) is 5.05. The van der Waals surface area contributed by atoms with E-state index in [1.165, 1.54) is 22.3 Å². The van der Waals surface area contributed by atoms with E-state index in [2.05, 4.69) is 5.10 Å². The third-order valence-corrected chi connectivity index (χ3v) is 3.58. The molecule has 1 aliphatic rings. The Hall–Kier alpha value is -2.26. The molecule has 0 unspecified atom stereocenters. The summed E-state index contributed by atoms with van der Waals surface area (Å²) >= 11 is 1.49. The lowest BCUT2D eigenvalue weighted by Crippen LogP contribution is -2.53. The number of rotatable bonds is 4. The lowest BCUT2D eigenvalue weighted by Gasteiger charge is -2.34. The van der Waals surface area contributed by atoms with Crippen molar-refractivity contribution >= 4 is 29.3 Å². The quantitative estimate of drug-likeness (QED) is 0.476. The molecule has 1 aliphatic heterocycles. The minimum Gasteiger partial charge on any atom is -0.340 e. The second kappa shape index (κ2) is 6.95. The van der Waals surface area contributed by atoms with Gasteiger partial charge in [0.1, 0.15) is 18.6 Å². The number of nitro groups is 1. The van der Waals surface area contributed by atoms with Gasteiger partial charge >= 0.3 is 0 Å². The molecule has 0 saturated carbocycles. The fourth-order valence-corrected chi connectivity index (χ4v) is 2.36. The first kappa shape index (κ1) is 15.1. The number of hydrazone groups is 1. The molecule has 0 aliphatic carbocycles. The van der Waals surface area contributed by atoms with Crippen LogP contribution in [0.15, 0.2) is 28.7 Å². The van der Waals surface area contributed by atoms with Crippen LogP contribution in [0.3, 0.4) is 0 Å². The predicted octanol–water partition coefficient (Wildman–Crippen LogP) is 1.40. The average Bonchev–Trinajstić information content (AvgIpc) is 2.97. The Kier molecular flexibility index (Phi) is 5.01. The van der Waals surface area contributed by atoms with Crippen LogP contribution in [-0.4, -0.2) is 46.7 Å². The number of amides is 1. The van der Waals surface area contributed by atoms with Crippen LogP contribution >= 0.6 is 11.3 Å². The van der Waals surface area contributed by atoms with Gasteiger partial charge in [0, 0.05) is 17.5 Å². The zero-order valence-corrected chi connectivity index (χ0v) is 12.2. The van der Waals surface area contributed by atoms with Gasteiger partial charge in [0.25, 0.3) is 11.9 Å². The van der Waals surface area contributed by atoms with Crippen molar-refractivity contribution in [1.82, 2.24) is 9.80 Å². The molecule has 0 spiro atoms. The zero-order valence-electron chi connectivity index (χ0n) is 11.3. The van der Waals surface area contributed by atoms with Gasteiger partial charge in [0.2, 0.25) is 0 Å². The van der Waals surface area contributed by atoms with E-state index in [0.717, 1.165) is 9.78 Å². The summed E-state index contributed by atoms with van der Waals surface area (Å²) < 4.78 is 5.25. The summed E-state index contributed by atoms with van der Waals surface area (Å²) in [5.74, 6) is -0.420. The van der Waals surface area contributed by atoms with Gasteiger partial charge in [-0.05, 0) is 24.4 Å². The van der Waals surface area contributed by atoms with E-state index in [1.807, 2.05) is 17.5 Å². The van der Waals surface area contributed by atoms with Crippen LogP contribution in [0.1, 0.15) is 11.8 Å². The summed E-state index contributed by atoms with van der Waals surface area (Å²) in [5, 5.41) is 15.0. The molecule has 0 bridgehead atoms. The number of ether oxygens (including phenoxy) is 1. The topological polar surface area (TPSA) is 88.3 Å². The van der Waals surface area contributed by atoms with E-state index in [-0.39, 0.29) is 19.4 Å². The Bertz CT molecular complexity index is 570. The molecule has 21 heavy (non-hydrogen) atoms. The largest absolute Gasteiger partial charge is 0.340 e. The molecule has 0 N–H and O–H groups in total. The summed E-state index contributed by atoms with van der Waals surface area (Å²) in [6.45, 7) is 2.36. The van der Waals surface area contributed by atoms with Crippen molar-refractivity contribution in [3.8, 4) is 0 Å². The summed E-state index contributed by atoms with van der Waals surface area (Å²) in [6.07, 6.45) is 3.01. The molecule has 2 rings (SSSR count). The summed E-state index contributed by atoms with van der Waals surface area (Å²) in [6, 6.07) is 3.74. The average molecular weight is 310 g/mol. The third-order valence-electron chi connectivity index (χ3n) is 2.74. The second-order valence-electron chi connectivity index (χ2n) is 4.07. The fourth-order valence-electron chi connectivity index (χ4n) is 1.74. The molecule has 0 aromatic carbocycles. The molecule has 1 aromatic rings. The van der Waals surface area contributed by atoms with Gasteiger partial charge in [-0.3, -0.25) is 4.79 Å². The van der Waals surface area contributed by atoms with Crippen molar-refractivity contribution in [2.24, 2.45) is 5.10 Å². The van der Waals surface area contributed by atoms with Crippen molar-refractivity contribution in [3.05, 3.63) is 38.6 Å². The molecule has 1 amide bonds. The maximum absolute atomic E-state index is 12.2. The number of guanidine groups is 1. The van der Waals surface area contributed by atoms with E-state index in [0.29, 0.717) is 6.54 Å². The van der Waals surface area contributed by atoms with E-state index >= 15 is 0 Å². The Morgan fingerprint density at radius 2 is 2.43 bits per heavy atom. The van der Waals surface area contributed by atoms with Crippen molar-refractivity contribution < 1.29 is 14.6 Å². The van der Waals surface area contributed by atoms with Crippen molar-refractivity contribution in [2.45, 2.75) is 6.92 Å². The third kappa shape index (κ3) is 3.86. The normalized spacial score (nSPS) is 17.7. The first-order chi connectivity index (χ1) is 10.1. The lowest BCUT2D eigenvalue weighted by atomic mass is 10.4. The van der Waals surface area contributed by atoms with E-state index in [1.54, 1.807) is 13.0 Å². The molecule has 1 saturated heterocycles. The van der Waals surface area contributed by atoms with Crippen LogP contribution in [0, 0.1) is 10.1 Å². The Balaban J connectivity index is 2.18. The Morgan fingerprint density at radius 3 is 3.05 bits per heavy atom. The maximum atomic E-state index is 12.2. The number of carbonyl (C=O) groups is 1. The minimum atomic E-state index is -0.813. The highest BCUT2D eigenvalue weighted by Gasteiger charge is 2.30. The van der Waals surface area contributed by atoms with Crippen LogP contribution in [-0.2, 0) is 9.53 Å². The number of nitrogens with zero attached hydrogens (tertiary/aromatic N) is 4. The summed E-state index contributed by atoms with van der Waals surface area (Å²) in [7, 11) is 0. The van der Waals surface area contributed by atoms with Gasteiger partial charge in [-0.2, -0.15) is 0 Å². The van der Waals surface area contributed by atoms with Crippen LogP contribution in [0.25, 0.3) is 6.08 Å². The van der Waals surface area contributed by atoms with Gasteiger partial charge in [-0.1, -0.05) is 6.07 Å². The zero-order chi connectivity index (χ0) is 15.2. The summed E-state index contributed by atoms with van der Waals surface area (Å²) in [5.41, 5.74) is 0. The van der Waals surface area contributed by atoms with Gasteiger partial charge in [0.15, 0.2) is 5.03 Å². The molecule has 1 aromatic heterocycles. The Morgan fingerprint density at radius 1 is 1.62 bits per heavy atom. The molecule has 0 radical (unpaired) electrons. The standard InChI is InChI=1S/C12H14N4O4S/c1-2-14-8-20-9-15(12(14)13-16(18)19)11(17)6-5-10-4-3-7-21-10/h3-7H,2,8-9H2,1H3/b6-5+,13-12+. The number of hydrogen-bond donors (Lipinski definition) is 0. The smallest absolute Gasteiger partial charge is 0.284 e. The van der Waals surface area contributed by atoms with Gasteiger partial charge in [-0.25, -0.2) is 15.0 Å². The number of hydrogen-bond acceptors (Lipinski definition) is 5. The fraction of sp³-hybridized carbons (Fsp3) is 0.333. The minimum absolute atomic E-state index is 0.00502. The lowest BCUT2D eigenvalue weighted by molar-refractivity contribution is -0.486. The molecule has 0 atom stereocenters. The first-order valence-corrected chi connectivity index (χ1v) is 7.08. The van der Waals surface area contributed by atoms with Crippen LogP contribution < -0.4 is 0 Å². The molecule has 8 nitrogen and oxygen atoms in total. The van der Waals surface area contributed by atoms with Gasteiger partial charge in [-0.15, -0.1) is 11.3 Å². The van der Waals surface area contributed by atoms with E-state index in [4.69, 9.17) is 4.74 Å². The van der Waals surface area contributed by atoms with Crippen LogP contribution in [0.2, 0.25) is 0 Å². The SMILES string of the molecule is CCN1COCN(C(=O)/C=C/c2cccs2)/C1=N/[N+](=O)[O-]. The molecular weight excluding hydrogens is 296 g/mol. The predicted molar refractivity (Wildman–Crippen MR) is 77.8 cm³/mol.